The van der Waals surface area contributed by atoms with Gasteiger partial charge in [0.2, 0.25) is 0 Å². The molecule has 0 aliphatic carbocycles. The second-order valence-electron chi connectivity index (χ2n) is 5.66. The van der Waals surface area contributed by atoms with Crippen molar-refractivity contribution in [2.24, 2.45) is 0 Å². The Balaban J connectivity index is 1.52. The number of halogens is 1. The van der Waals surface area contributed by atoms with E-state index in [1.54, 1.807) is 18.4 Å². The zero-order chi connectivity index (χ0) is 14.5. The van der Waals surface area contributed by atoms with Gasteiger partial charge in [-0.1, -0.05) is 12.1 Å². The standard InChI is InChI=1S/C17H21FN2O/c18-17-4-2-15(3-5-17)12-19-7-1-8-20(10-9-19)13-16-6-11-21-14-16/h2-6,11,14H,1,7-10,12-13H2. The molecule has 3 rings (SSSR count). The first-order valence-electron chi connectivity index (χ1n) is 7.50. The van der Waals surface area contributed by atoms with E-state index in [0.717, 1.165) is 39.3 Å². The third-order valence-electron chi connectivity index (χ3n) is 3.99. The maximum absolute atomic E-state index is 12.9. The van der Waals surface area contributed by atoms with Gasteiger partial charge in [0, 0.05) is 31.7 Å². The van der Waals surface area contributed by atoms with Crippen molar-refractivity contribution in [1.82, 2.24) is 9.80 Å². The minimum absolute atomic E-state index is 0.166. The van der Waals surface area contributed by atoms with Crippen molar-refractivity contribution in [3.05, 3.63) is 59.8 Å². The van der Waals surface area contributed by atoms with Gasteiger partial charge in [-0.2, -0.15) is 0 Å². The molecule has 0 atom stereocenters. The highest BCUT2D eigenvalue weighted by atomic mass is 19.1. The Kier molecular flexibility index (Phi) is 4.68. The number of furan rings is 1. The topological polar surface area (TPSA) is 19.6 Å². The van der Waals surface area contributed by atoms with Crippen molar-refractivity contribution in [1.29, 1.82) is 0 Å². The van der Waals surface area contributed by atoms with E-state index in [-0.39, 0.29) is 5.82 Å². The van der Waals surface area contributed by atoms with E-state index < -0.39 is 0 Å². The van der Waals surface area contributed by atoms with Gasteiger partial charge >= 0.3 is 0 Å². The molecule has 1 aromatic heterocycles. The number of benzene rings is 1. The number of hydrogen-bond donors (Lipinski definition) is 0. The van der Waals surface area contributed by atoms with E-state index in [1.165, 1.54) is 17.5 Å². The molecule has 0 bridgehead atoms. The third kappa shape index (κ3) is 4.16. The van der Waals surface area contributed by atoms with Gasteiger partial charge in [0.15, 0.2) is 0 Å². The van der Waals surface area contributed by atoms with Crippen LogP contribution in [-0.4, -0.2) is 36.0 Å². The van der Waals surface area contributed by atoms with E-state index in [1.807, 2.05) is 24.5 Å². The van der Waals surface area contributed by atoms with Gasteiger partial charge in [0.05, 0.1) is 12.5 Å². The summed E-state index contributed by atoms with van der Waals surface area (Å²) in [5.41, 5.74) is 2.42. The fourth-order valence-electron chi connectivity index (χ4n) is 2.83. The summed E-state index contributed by atoms with van der Waals surface area (Å²) in [5, 5.41) is 0. The average molecular weight is 288 g/mol. The molecule has 1 aromatic carbocycles. The SMILES string of the molecule is Fc1ccc(CN2CCCN(Cc3ccoc3)CC2)cc1. The lowest BCUT2D eigenvalue weighted by Gasteiger charge is -2.21. The van der Waals surface area contributed by atoms with Crippen molar-refractivity contribution in [3.8, 4) is 0 Å². The Morgan fingerprint density at radius 3 is 2.14 bits per heavy atom. The van der Waals surface area contributed by atoms with Gasteiger partial charge < -0.3 is 4.42 Å². The molecule has 1 aliphatic heterocycles. The Labute approximate surface area is 125 Å². The van der Waals surface area contributed by atoms with Gasteiger partial charge in [0.1, 0.15) is 5.82 Å². The molecule has 3 nitrogen and oxygen atoms in total. The van der Waals surface area contributed by atoms with Crippen LogP contribution in [0.3, 0.4) is 0 Å². The molecule has 2 heterocycles. The van der Waals surface area contributed by atoms with E-state index in [4.69, 9.17) is 4.42 Å². The first-order chi connectivity index (χ1) is 10.3. The molecular formula is C17H21FN2O. The zero-order valence-corrected chi connectivity index (χ0v) is 12.2. The van der Waals surface area contributed by atoms with Crippen molar-refractivity contribution >= 4 is 0 Å². The van der Waals surface area contributed by atoms with Crippen LogP contribution in [0.1, 0.15) is 17.5 Å². The van der Waals surface area contributed by atoms with Crippen molar-refractivity contribution < 1.29 is 8.81 Å². The monoisotopic (exact) mass is 288 g/mol. The highest BCUT2D eigenvalue weighted by Crippen LogP contribution is 2.12. The Hall–Kier alpha value is -1.65. The molecule has 1 aliphatic rings. The summed E-state index contributed by atoms with van der Waals surface area (Å²) in [6, 6.07) is 8.87. The molecule has 0 amide bonds. The third-order valence-corrected chi connectivity index (χ3v) is 3.99. The highest BCUT2D eigenvalue weighted by Gasteiger charge is 2.15. The summed E-state index contributed by atoms with van der Waals surface area (Å²) >= 11 is 0. The van der Waals surface area contributed by atoms with E-state index in [2.05, 4.69) is 9.80 Å². The molecule has 0 unspecified atom stereocenters. The summed E-state index contributed by atoms with van der Waals surface area (Å²) in [6.45, 7) is 6.19. The van der Waals surface area contributed by atoms with Gasteiger partial charge in [-0.05, 0) is 43.3 Å². The summed E-state index contributed by atoms with van der Waals surface area (Å²) in [7, 11) is 0. The normalized spacial score (nSPS) is 17.8. The molecule has 112 valence electrons. The smallest absolute Gasteiger partial charge is 0.123 e. The minimum atomic E-state index is -0.166. The van der Waals surface area contributed by atoms with Crippen LogP contribution >= 0.6 is 0 Å². The first kappa shape index (κ1) is 14.3. The molecule has 1 fully saturated rings. The number of hydrogen-bond acceptors (Lipinski definition) is 3. The van der Waals surface area contributed by atoms with Crippen LogP contribution in [0.5, 0.6) is 0 Å². The Bertz CT molecular complexity index is 538. The maximum atomic E-state index is 12.9. The molecule has 0 N–H and O–H groups in total. The average Bonchev–Trinajstić information content (AvgIpc) is 2.89. The maximum Gasteiger partial charge on any atom is 0.123 e. The number of nitrogens with zero attached hydrogens (tertiary/aromatic N) is 2. The van der Waals surface area contributed by atoms with Crippen LogP contribution in [-0.2, 0) is 13.1 Å². The van der Waals surface area contributed by atoms with E-state index in [9.17, 15) is 4.39 Å². The molecular weight excluding hydrogens is 267 g/mol. The quantitative estimate of drug-likeness (QED) is 0.862. The summed E-state index contributed by atoms with van der Waals surface area (Å²) in [5.74, 6) is -0.166. The highest BCUT2D eigenvalue weighted by molar-refractivity contribution is 5.16. The molecule has 2 aromatic rings. The molecule has 4 heteroatoms. The molecule has 21 heavy (non-hydrogen) atoms. The van der Waals surface area contributed by atoms with Crippen LogP contribution in [0.2, 0.25) is 0 Å². The second-order valence-corrected chi connectivity index (χ2v) is 5.66. The Morgan fingerprint density at radius 2 is 1.52 bits per heavy atom. The Morgan fingerprint density at radius 1 is 0.857 bits per heavy atom. The summed E-state index contributed by atoms with van der Waals surface area (Å²) in [4.78, 5) is 4.91. The fourth-order valence-corrected chi connectivity index (χ4v) is 2.83. The van der Waals surface area contributed by atoms with Crippen molar-refractivity contribution in [2.75, 3.05) is 26.2 Å². The van der Waals surface area contributed by atoms with Gasteiger partial charge in [0.25, 0.3) is 0 Å². The predicted octanol–water partition coefficient (Wildman–Crippen LogP) is 3.13. The summed E-state index contributed by atoms with van der Waals surface area (Å²) in [6.07, 6.45) is 4.72. The van der Waals surface area contributed by atoms with Crippen molar-refractivity contribution in [2.45, 2.75) is 19.5 Å². The molecule has 0 radical (unpaired) electrons. The number of rotatable bonds is 4. The van der Waals surface area contributed by atoms with Gasteiger partial charge in [-0.25, -0.2) is 4.39 Å². The van der Waals surface area contributed by atoms with Crippen LogP contribution in [0.4, 0.5) is 4.39 Å². The minimum Gasteiger partial charge on any atom is -0.472 e. The largest absolute Gasteiger partial charge is 0.472 e. The van der Waals surface area contributed by atoms with Gasteiger partial charge in [-0.15, -0.1) is 0 Å². The van der Waals surface area contributed by atoms with Crippen LogP contribution < -0.4 is 0 Å². The molecule has 0 spiro atoms. The summed E-state index contributed by atoms with van der Waals surface area (Å²) < 4.78 is 18.1. The lowest BCUT2D eigenvalue weighted by molar-refractivity contribution is 0.247. The fraction of sp³-hybridized carbons (Fsp3) is 0.412. The molecule has 1 saturated heterocycles. The zero-order valence-electron chi connectivity index (χ0n) is 12.2. The van der Waals surface area contributed by atoms with Crippen LogP contribution in [0.15, 0.2) is 47.3 Å². The van der Waals surface area contributed by atoms with E-state index >= 15 is 0 Å². The molecule has 0 saturated carbocycles. The van der Waals surface area contributed by atoms with E-state index in [0.29, 0.717) is 0 Å². The van der Waals surface area contributed by atoms with Gasteiger partial charge in [-0.3, -0.25) is 9.80 Å². The first-order valence-corrected chi connectivity index (χ1v) is 7.50. The van der Waals surface area contributed by atoms with Crippen molar-refractivity contribution in [3.63, 3.8) is 0 Å². The lowest BCUT2D eigenvalue weighted by atomic mass is 10.2. The predicted molar refractivity (Wildman–Crippen MR) is 80.3 cm³/mol. The van der Waals surface area contributed by atoms with Crippen LogP contribution in [0, 0.1) is 5.82 Å². The lowest BCUT2D eigenvalue weighted by Crippen LogP contribution is -2.30. The second kappa shape index (κ2) is 6.87. The van der Waals surface area contributed by atoms with Crippen LogP contribution in [0.25, 0.3) is 0 Å².